The molecule has 0 aromatic heterocycles. The van der Waals surface area contributed by atoms with Crippen molar-refractivity contribution in [3.8, 4) is 0 Å². The molecule has 86 valence electrons. The molecule has 1 aromatic carbocycles. The molecule has 1 aliphatic rings. The SMILES string of the molecule is CCCC1c2ccccc2CCN1C(N)=O. The van der Waals surface area contributed by atoms with Gasteiger partial charge in [-0.3, -0.25) is 0 Å². The van der Waals surface area contributed by atoms with E-state index in [1.165, 1.54) is 11.1 Å². The highest BCUT2D eigenvalue weighted by atomic mass is 16.2. The monoisotopic (exact) mass is 218 g/mol. The Labute approximate surface area is 96.2 Å². The fraction of sp³-hybridized carbons (Fsp3) is 0.462. The van der Waals surface area contributed by atoms with E-state index in [2.05, 4.69) is 25.1 Å². The summed E-state index contributed by atoms with van der Waals surface area (Å²) in [5, 5.41) is 0. The van der Waals surface area contributed by atoms with Gasteiger partial charge in [0.1, 0.15) is 0 Å². The second kappa shape index (κ2) is 4.56. The van der Waals surface area contributed by atoms with Crippen LogP contribution in [0.3, 0.4) is 0 Å². The average molecular weight is 218 g/mol. The number of primary amides is 1. The highest BCUT2D eigenvalue weighted by molar-refractivity contribution is 5.73. The number of nitrogens with two attached hydrogens (primary N) is 1. The number of carbonyl (C=O) groups is 1. The summed E-state index contributed by atoms with van der Waals surface area (Å²) in [6.07, 6.45) is 2.96. The second-order valence-electron chi connectivity index (χ2n) is 4.28. The van der Waals surface area contributed by atoms with Crippen molar-refractivity contribution in [1.29, 1.82) is 0 Å². The molecule has 0 fully saturated rings. The van der Waals surface area contributed by atoms with E-state index in [0.29, 0.717) is 0 Å². The fourth-order valence-corrected chi connectivity index (χ4v) is 2.50. The third-order valence-electron chi connectivity index (χ3n) is 3.26. The standard InChI is InChI=1S/C13H18N2O/c1-2-5-12-11-7-4-3-6-10(11)8-9-15(12)13(14)16/h3-4,6-7,12H,2,5,8-9H2,1H3,(H2,14,16). The van der Waals surface area contributed by atoms with Gasteiger partial charge in [0.15, 0.2) is 0 Å². The first-order valence-electron chi connectivity index (χ1n) is 5.88. The van der Waals surface area contributed by atoms with Gasteiger partial charge in [-0.2, -0.15) is 0 Å². The summed E-state index contributed by atoms with van der Waals surface area (Å²) in [6.45, 7) is 2.88. The van der Waals surface area contributed by atoms with Crippen molar-refractivity contribution in [3.63, 3.8) is 0 Å². The Morgan fingerprint density at radius 2 is 2.25 bits per heavy atom. The zero-order valence-corrected chi connectivity index (χ0v) is 9.65. The van der Waals surface area contributed by atoms with Gasteiger partial charge in [-0.1, -0.05) is 37.6 Å². The highest BCUT2D eigenvalue weighted by Gasteiger charge is 2.28. The summed E-state index contributed by atoms with van der Waals surface area (Å²) in [7, 11) is 0. The molecular weight excluding hydrogens is 200 g/mol. The Morgan fingerprint density at radius 3 is 2.94 bits per heavy atom. The maximum atomic E-state index is 11.4. The topological polar surface area (TPSA) is 46.3 Å². The largest absolute Gasteiger partial charge is 0.351 e. The van der Waals surface area contributed by atoms with Gasteiger partial charge in [0.05, 0.1) is 6.04 Å². The first-order valence-corrected chi connectivity index (χ1v) is 5.88. The first kappa shape index (κ1) is 11.0. The lowest BCUT2D eigenvalue weighted by Gasteiger charge is -2.36. The zero-order chi connectivity index (χ0) is 11.5. The molecule has 2 rings (SSSR count). The Morgan fingerprint density at radius 1 is 1.50 bits per heavy atom. The molecule has 3 heteroatoms. The number of benzene rings is 1. The number of amides is 2. The van der Waals surface area contributed by atoms with E-state index in [0.717, 1.165) is 25.8 Å². The Hall–Kier alpha value is -1.51. The molecule has 0 bridgehead atoms. The molecule has 0 saturated heterocycles. The fourth-order valence-electron chi connectivity index (χ4n) is 2.50. The molecule has 1 atom stereocenters. The molecule has 0 aliphatic carbocycles. The van der Waals surface area contributed by atoms with Crippen LogP contribution in [0.25, 0.3) is 0 Å². The molecule has 16 heavy (non-hydrogen) atoms. The van der Waals surface area contributed by atoms with E-state index in [1.807, 2.05) is 6.07 Å². The summed E-state index contributed by atoms with van der Waals surface area (Å²) in [4.78, 5) is 13.2. The zero-order valence-electron chi connectivity index (χ0n) is 9.65. The number of rotatable bonds is 2. The van der Waals surface area contributed by atoms with Gasteiger partial charge in [-0.25, -0.2) is 4.79 Å². The Bertz CT molecular complexity index is 389. The molecule has 2 amide bonds. The van der Waals surface area contributed by atoms with Crippen LogP contribution in [0.2, 0.25) is 0 Å². The maximum Gasteiger partial charge on any atom is 0.315 e. The van der Waals surface area contributed by atoms with Gasteiger partial charge in [-0.15, -0.1) is 0 Å². The Balaban J connectivity index is 2.35. The van der Waals surface area contributed by atoms with Crippen LogP contribution in [0.5, 0.6) is 0 Å². The molecule has 1 aromatic rings. The highest BCUT2D eigenvalue weighted by Crippen LogP contribution is 2.32. The van der Waals surface area contributed by atoms with E-state index in [1.54, 1.807) is 4.90 Å². The van der Waals surface area contributed by atoms with Gasteiger partial charge >= 0.3 is 6.03 Å². The predicted octanol–water partition coefficient (Wildman–Crippen LogP) is 2.46. The van der Waals surface area contributed by atoms with Crippen LogP contribution in [0.4, 0.5) is 4.79 Å². The van der Waals surface area contributed by atoms with Crippen LogP contribution in [0, 0.1) is 0 Å². The molecule has 1 heterocycles. The molecule has 1 aliphatic heterocycles. The minimum atomic E-state index is -0.298. The summed E-state index contributed by atoms with van der Waals surface area (Å²) < 4.78 is 0. The third kappa shape index (κ3) is 1.90. The molecule has 0 saturated carbocycles. The summed E-state index contributed by atoms with van der Waals surface area (Å²) in [5.41, 5.74) is 8.06. The van der Waals surface area contributed by atoms with E-state index >= 15 is 0 Å². The van der Waals surface area contributed by atoms with Crippen molar-refractivity contribution < 1.29 is 4.79 Å². The quantitative estimate of drug-likeness (QED) is 0.814. The van der Waals surface area contributed by atoms with Crippen molar-refractivity contribution in [2.45, 2.75) is 32.2 Å². The molecule has 0 radical (unpaired) electrons. The maximum absolute atomic E-state index is 11.4. The molecule has 3 nitrogen and oxygen atoms in total. The molecule has 1 unspecified atom stereocenters. The third-order valence-corrected chi connectivity index (χ3v) is 3.26. The van der Waals surface area contributed by atoms with Gasteiger partial charge in [0.2, 0.25) is 0 Å². The van der Waals surface area contributed by atoms with E-state index in [9.17, 15) is 4.79 Å². The number of hydrogen-bond acceptors (Lipinski definition) is 1. The van der Waals surface area contributed by atoms with Crippen molar-refractivity contribution in [3.05, 3.63) is 35.4 Å². The normalized spacial score (nSPS) is 19.3. The molecule has 2 N–H and O–H groups in total. The minimum absolute atomic E-state index is 0.174. The minimum Gasteiger partial charge on any atom is -0.351 e. The van der Waals surface area contributed by atoms with Gasteiger partial charge < -0.3 is 10.6 Å². The van der Waals surface area contributed by atoms with Gasteiger partial charge in [0, 0.05) is 6.54 Å². The van der Waals surface area contributed by atoms with Crippen molar-refractivity contribution in [1.82, 2.24) is 4.90 Å². The Kier molecular flexibility index (Phi) is 3.13. The lowest BCUT2D eigenvalue weighted by Crippen LogP contribution is -2.43. The van der Waals surface area contributed by atoms with Crippen LogP contribution in [-0.4, -0.2) is 17.5 Å². The number of urea groups is 1. The summed E-state index contributed by atoms with van der Waals surface area (Å²) >= 11 is 0. The second-order valence-corrected chi connectivity index (χ2v) is 4.28. The van der Waals surface area contributed by atoms with Crippen LogP contribution in [0.15, 0.2) is 24.3 Å². The first-order chi connectivity index (χ1) is 7.74. The predicted molar refractivity (Wildman–Crippen MR) is 64.1 cm³/mol. The van der Waals surface area contributed by atoms with Crippen LogP contribution in [0.1, 0.15) is 36.9 Å². The smallest absolute Gasteiger partial charge is 0.315 e. The number of hydrogen-bond donors (Lipinski definition) is 1. The van der Waals surface area contributed by atoms with Crippen LogP contribution >= 0.6 is 0 Å². The summed E-state index contributed by atoms with van der Waals surface area (Å²) in [6, 6.07) is 8.23. The number of fused-ring (bicyclic) bond motifs is 1. The van der Waals surface area contributed by atoms with E-state index in [4.69, 9.17) is 5.73 Å². The lowest BCUT2D eigenvalue weighted by atomic mass is 9.90. The van der Waals surface area contributed by atoms with Gasteiger partial charge in [-0.05, 0) is 24.0 Å². The van der Waals surface area contributed by atoms with Crippen LogP contribution < -0.4 is 5.73 Å². The average Bonchev–Trinajstić information content (AvgIpc) is 2.29. The van der Waals surface area contributed by atoms with Crippen molar-refractivity contribution in [2.75, 3.05) is 6.54 Å². The summed E-state index contributed by atoms with van der Waals surface area (Å²) in [5.74, 6) is 0. The van der Waals surface area contributed by atoms with Gasteiger partial charge in [0.25, 0.3) is 0 Å². The molecular formula is C13H18N2O. The van der Waals surface area contributed by atoms with E-state index < -0.39 is 0 Å². The molecule has 0 spiro atoms. The van der Waals surface area contributed by atoms with E-state index in [-0.39, 0.29) is 12.1 Å². The van der Waals surface area contributed by atoms with Crippen LogP contribution in [-0.2, 0) is 6.42 Å². The van der Waals surface area contributed by atoms with Crippen molar-refractivity contribution in [2.24, 2.45) is 5.73 Å². The van der Waals surface area contributed by atoms with Crippen molar-refractivity contribution >= 4 is 6.03 Å². The number of nitrogens with zero attached hydrogens (tertiary/aromatic N) is 1. The lowest BCUT2D eigenvalue weighted by molar-refractivity contribution is 0.174. The number of carbonyl (C=O) groups excluding carboxylic acids is 1.